The third kappa shape index (κ3) is 3.70. The molecule has 2 nitrogen and oxygen atoms in total. The Balaban J connectivity index is 2.13. The lowest BCUT2D eigenvalue weighted by atomic mass is 9.72. The highest BCUT2D eigenvalue weighted by atomic mass is 35.5. The predicted octanol–water partition coefficient (Wildman–Crippen LogP) is 4.46. The van der Waals surface area contributed by atoms with E-state index in [4.69, 9.17) is 11.6 Å². The third-order valence-corrected chi connectivity index (χ3v) is 4.83. The summed E-state index contributed by atoms with van der Waals surface area (Å²) >= 11 is 5.94. The lowest BCUT2D eigenvalue weighted by molar-refractivity contribution is 0.170. The van der Waals surface area contributed by atoms with Crippen molar-refractivity contribution in [3.63, 3.8) is 0 Å². The smallest absolute Gasteiger partial charge is 0.0589 e. The van der Waals surface area contributed by atoms with E-state index in [1.807, 2.05) is 6.07 Å². The maximum Gasteiger partial charge on any atom is 0.0589 e. The van der Waals surface area contributed by atoms with Gasteiger partial charge >= 0.3 is 0 Å². The molecule has 4 unspecified atom stereocenters. The van der Waals surface area contributed by atoms with E-state index in [2.05, 4.69) is 37.1 Å². The molecule has 0 amide bonds. The normalized spacial score (nSPS) is 29.2. The third-order valence-electron chi connectivity index (χ3n) is 4.60. The first-order valence-corrected chi connectivity index (χ1v) is 7.84. The molecule has 0 bridgehead atoms. The van der Waals surface area contributed by atoms with Crippen LogP contribution in [0.5, 0.6) is 0 Å². The molecule has 3 heteroatoms. The second-order valence-electron chi connectivity index (χ2n) is 5.96. The van der Waals surface area contributed by atoms with Gasteiger partial charge in [-0.05, 0) is 49.3 Å². The van der Waals surface area contributed by atoms with Crippen LogP contribution >= 0.6 is 11.6 Å². The molecule has 0 radical (unpaired) electrons. The van der Waals surface area contributed by atoms with Gasteiger partial charge in [0.1, 0.15) is 0 Å². The van der Waals surface area contributed by atoms with Crippen LogP contribution < -0.4 is 5.32 Å². The molecule has 1 fully saturated rings. The molecule has 0 saturated heterocycles. The SMILES string of the molecule is CCNC(c1ccc(Cl)cn1)C1CCC(C)C(C)C1. The van der Waals surface area contributed by atoms with E-state index in [0.29, 0.717) is 17.0 Å². The van der Waals surface area contributed by atoms with Crippen LogP contribution in [-0.2, 0) is 0 Å². The molecule has 4 atom stereocenters. The fourth-order valence-electron chi connectivity index (χ4n) is 3.20. The number of nitrogens with one attached hydrogen (secondary N) is 1. The maximum absolute atomic E-state index is 5.94. The molecule has 1 aromatic heterocycles. The summed E-state index contributed by atoms with van der Waals surface area (Å²) in [4.78, 5) is 4.52. The van der Waals surface area contributed by atoms with Crippen molar-refractivity contribution in [3.05, 3.63) is 29.0 Å². The zero-order chi connectivity index (χ0) is 13.8. The van der Waals surface area contributed by atoms with Crippen molar-refractivity contribution < 1.29 is 0 Å². The van der Waals surface area contributed by atoms with E-state index in [0.717, 1.165) is 24.1 Å². The highest BCUT2D eigenvalue weighted by molar-refractivity contribution is 6.30. The quantitative estimate of drug-likeness (QED) is 0.881. The molecule has 1 N–H and O–H groups in total. The molecular weight excluding hydrogens is 256 g/mol. The van der Waals surface area contributed by atoms with E-state index in [1.165, 1.54) is 19.3 Å². The average Bonchev–Trinajstić information content (AvgIpc) is 2.41. The molecule has 1 aliphatic rings. The van der Waals surface area contributed by atoms with Crippen LogP contribution in [0.15, 0.2) is 18.3 Å². The van der Waals surface area contributed by atoms with Gasteiger partial charge in [-0.2, -0.15) is 0 Å². The Morgan fingerprint density at radius 1 is 1.32 bits per heavy atom. The Bertz CT molecular complexity index is 390. The van der Waals surface area contributed by atoms with Gasteiger partial charge < -0.3 is 5.32 Å². The fraction of sp³-hybridized carbons (Fsp3) is 0.688. The summed E-state index contributed by atoms with van der Waals surface area (Å²) in [5.41, 5.74) is 1.14. The predicted molar refractivity (Wildman–Crippen MR) is 81.3 cm³/mol. The minimum absolute atomic E-state index is 0.372. The zero-order valence-corrected chi connectivity index (χ0v) is 13.0. The lowest BCUT2D eigenvalue weighted by Crippen LogP contribution is -2.33. The molecule has 2 rings (SSSR count). The fourth-order valence-corrected chi connectivity index (χ4v) is 3.31. The largest absolute Gasteiger partial charge is 0.309 e. The van der Waals surface area contributed by atoms with E-state index in [1.54, 1.807) is 6.20 Å². The van der Waals surface area contributed by atoms with Crippen LogP contribution in [0.4, 0.5) is 0 Å². The Morgan fingerprint density at radius 2 is 2.11 bits per heavy atom. The van der Waals surface area contributed by atoms with Crippen LogP contribution in [-0.4, -0.2) is 11.5 Å². The Morgan fingerprint density at radius 3 is 2.68 bits per heavy atom. The van der Waals surface area contributed by atoms with E-state index >= 15 is 0 Å². The van der Waals surface area contributed by atoms with E-state index < -0.39 is 0 Å². The number of aromatic nitrogens is 1. The van der Waals surface area contributed by atoms with Gasteiger partial charge in [-0.15, -0.1) is 0 Å². The molecule has 1 saturated carbocycles. The Labute approximate surface area is 122 Å². The number of pyridine rings is 1. The molecule has 1 aromatic rings. The summed E-state index contributed by atoms with van der Waals surface area (Å²) in [5, 5.41) is 4.33. The van der Waals surface area contributed by atoms with Gasteiger partial charge in [0.25, 0.3) is 0 Å². The van der Waals surface area contributed by atoms with Gasteiger partial charge in [0, 0.05) is 6.20 Å². The zero-order valence-electron chi connectivity index (χ0n) is 12.2. The molecule has 106 valence electrons. The van der Waals surface area contributed by atoms with Crippen molar-refractivity contribution >= 4 is 11.6 Å². The molecule has 19 heavy (non-hydrogen) atoms. The molecule has 0 aliphatic heterocycles. The average molecular weight is 281 g/mol. The topological polar surface area (TPSA) is 24.9 Å². The highest BCUT2D eigenvalue weighted by Crippen LogP contribution is 2.39. The van der Waals surface area contributed by atoms with Crippen LogP contribution in [0.2, 0.25) is 5.02 Å². The van der Waals surface area contributed by atoms with Crippen LogP contribution in [0.1, 0.15) is 51.8 Å². The van der Waals surface area contributed by atoms with Crippen molar-refractivity contribution in [1.82, 2.24) is 10.3 Å². The van der Waals surface area contributed by atoms with Crippen molar-refractivity contribution in [3.8, 4) is 0 Å². The second-order valence-corrected chi connectivity index (χ2v) is 6.40. The first-order valence-electron chi connectivity index (χ1n) is 7.46. The summed E-state index contributed by atoms with van der Waals surface area (Å²) in [5.74, 6) is 2.36. The van der Waals surface area contributed by atoms with E-state index in [-0.39, 0.29) is 0 Å². The summed E-state index contributed by atoms with van der Waals surface area (Å²) in [7, 11) is 0. The standard InChI is InChI=1S/C16H25ClN2/c1-4-18-16(15-8-7-14(17)10-19-15)13-6-5-11(2)12(3)9-13/h7-8,10-13,16,18H,4-6,9H2,1-3H3. The summed E-state index contributed by atoms with van der Waals surface area (Å²) in [6.07, 6.45) is 5.69. The van der Waals surface area contributed by atoms with Gasteiger partial charge in [0.05, 0.1) is 16.8 Å². The minimum atomic E-state index is 0.372. The van der Waals surface area contributed by atoms with Gasteiger partial charge in [-0.3, -0.25) is 4.98 Å². The molecule has 1 aliphatic carbocycles. The van der Waals surface area contributed by atoms with Gasteiger partial charge in [0.15, 0.2) is 0 Å². The van der Waals surface area contributed by atoms with Crippen molar-refractivity contribution in [2.24, 2.45) is 17.8 Å². The van der Waals surface area contributed by atoms with Crippen LogP contribution in [0.3, 0.4) is 0 Å². The van der Waals surface area contributed by atoms with Gasteiger partial charge in [-0.25, -0.2) is 0 Å². The monoisotopic (exact) mass is 280 g/mol. The maximum atomic E-state index is 5.94. The van der Waals surface area contributed by atoms with Crippen LogP contribution in [0, 0.1) is 17.8 Å². The lowest BCUT2D eigenvalue weighted by Gasteiger charge is -2.36. The van der Waals surface area contributed by atoms with Crippen molar-refractivity contribution in [1.29, 1.82) is 0 Å². The first kappa shape index (κ1) is 14.8. The summed E-state index contributed by atoms with van der Waals surface area (Å²) < 4.78 is 0. The van der Waals surface area contributed by atoms with Gasteiger partial charge in [0.2, 0.25) is 0 Å². The first-order chi connectivity index (χ1) is 9.11. The van der Waals surface area contributed by atoms with Gasteiger partial charge in [-0.1, -0.05) is 38.8 Å². The number of nitrogens with zero attached hydrogens (tertiary/aromatic N) is 1. The summed E-state index contributed by atoms with van der Waals surface area (Å²) in [6.45, 7) is 7.91. The number of halogens is 1. The number of rotatable bonds is 4. The van der Waals surface area contributed by atoms with Crippen molar-refractivity contribution in [2.75, 3.05) is 6.54 Å². The molecule has 1 heterocycles. The van der Waals surface area contributed by atoms with E-state index in [9.17, 15) is 0 Å². The Hall–Kier alpha value is -0.600. The Kier molecular flexibility index (Phi) is 5.23. The molecular formula is C16H25ClN2. The highest BCUT2D eigenvalue weighted by Gasteiger charge is 2.31. The van der Waals surface area contributed by atoms with Crippen molar-refractivity contribution in [2.45, 2.75) is 46.1 Å². The number of hydrogen-bond donors (Lipinski definition) is 1. The molecule has 0 aromatic carbocycles. The van der Waals surface area contributed by atoms with Crippen LogP contribution in [0.25, 0.3) is 0 Å². The number of hydrogen-bond acceptors (Lipinski definition) is 2. The minimum Gasteiger partial charge on any atom is -0.309 e. The molecule has 0 spiro atoms. The second kappa shape index (κ2) is 6.71. The summed E-state index contributed by atoms with van der Waals surface area (Å²) in [6, 6.07) is 4.39.